The zero-order chi connectivity index (χ0) is 33.2. The van der Waals surface area contributed by atoms with E-state index >= 15 is 0 Å². The number of ether oxygens (including phenoxy) is 1. The molecule has 0 aliphatic carbocycles. The second-order valence-corrected chi connectivity index (χ2v) is 14.3. The van der Waals surface area contributed by atoms with Crippen LogP contribution in [0.2, 0.25) is 0 Å². The van der Waals surface area contributed by atoms with Gasteiger partial charge in [0.05, 0.1) is 18.1 Å². The summed E-state index contributed by atoms with van der Waals surface area (Å²) in [5.41, 5.74) is 2.41. The number of nitrogens with zero attached hydrogens (tertiary/aromatic N) is 4. The maximum Gasteiger partial charge on any atom is 0.271 e. The number of nitrogens with one attached hydrogen (secondary N) is 3. The molecule has 248 valence electrons. The third-order valence-electron chi connectivity index (χ3n) is 9.14. The fraction of sp³-hybridized carbons (Fsp3) is 0.471. The minimum Gasteiger partial charge on any atom is -0.470 e. The number of hydrogen-bond donors (Lipinski definition) is 3. The first-order valence-corrected chi connectivity index (χ1v) is 18.0. The number of benzene rings is 1. The molecule has 3 aromatic rings. The summed E-state index contributed by atoms with van der Waals surface area (Å²) in [6.45, 7) is 12.8. The van der Waals surface area contributed by atoms with Gasteiger partial charge >= 0.3 is 0 Å². The highest BCUT2D eigenvalue weighted by Crippen LogP contribution is 2.31. The molecule has 2 aromatic heterocycles. The maximum atomic E-state index is 14.0. The average Bonchev–Trinajstić information content (AvgIpc) is 3.89. The van der Waals surface area contributed by atoms with Crippen molar-refractivity contribution >= 4 is 46.3 Å². The summed E-state index contributed by atoms with van der Waals surface area (Å²) < 4.78 is 6.12. The standard InChI is InChI=1S/C34H41N7O4S2/c1-6-18(2)27-33-38-25(17-47-33)31-40-28(21(5)45-31)34(44)41-14-10-13-26(41)19(3)35-20(4)32-37-24(16-46-32)30(43)36-23(29(42)39-27)15-22-11-8-7-9-12-22/h7-9,11-12,16-18,20-21,23,26-28,35H,3,6,10,13-15H2,1-2,4-5H3,(H,36,43)(H,39,42). The van der Waals surface area contributed by atoms with Gasteiger partial charge in [-0.05, 0) is 38.2 Å². The van der Waals surface area contributed by atoms with Crippen LogP contribution in [0.25, 0.3) is 0 Å². The average molecular weight is 676 g/mol. The van der Waals surface area contributed by atoms with Crippen LogP contribution in [-0.4, -0.2) is 69.3 Å². The second-order valence-electron chi connectivity index (χ2n) is 12.5. The van der Waals surface area contributed by atoms with E-state index in [1.54, 1.807) is 5.38 Å². The van der Waals surface area contributed by atoms with Gasteiger partial charge in [0.25, 0.3) is 11.8 Å². The van der Waals surface area contributed by atoms with E-state index in [9.17, 15) is 14.4 Å². The molecule has 3 aliphatic heterocycles. The molecule has 0 spiro atoms. The van der Waals surface area contributed by atoms with Gasteiger partial charge in [-0.25, -0.2) is 15.0 Å². The van der Waals surface area contributed by atoms with Crippen LogP contribution < -0.4 is 16.0 Å². The van der Waals surface area contributed by atoms with Crippen LogP contribution in [0.3, 0.4) is 0 Å². The highest BCUT2D eigenvalue weighted by molar-refractivity contribution is 7.10. The summed E-state index contributed by atoms with van der Waals surface area (Å²) in [6, 6.07) is 7.19. The second kappa shape index (κ2) is 13.9. The number of hydrogen-bond acceptors (Lipinski definition) is 10. The van der Waals surface area contributed by atoms with Crippen LogP contribution >= 0.6 is 22.7 Å². The van der Waals surface area contributed by atoms with Gasteiger partial charge in [-0.1, -0.05) is 57.2 Å². The predicted molar refractivity (Wildman–Crippen MR) is 182 cm³/mol. The highest BCUT2D eigenvalue weighted by Gasteiger charge is 2.42. The molecular weight excluding hydrogens is 635 g/mol. The molecule has 7 atom stereocenters. The summed E-state index contributed by atoms with van der Waals surface area (Å²) in [5, 5.41) is 14.5. The molecule has 1 fully saturated rings. The molecule has 11 nitrogen and oxygen atoms in total. The lowest BCUT2D eigenvalue weighted by atomic mass is 9.98. The third-order valence-corrected chi connectivity index (χ3v) is 11.1. The molecule has 47 heavy (non-hydrogen) atoms. The van der Waals surface area contributed by atoms with Gasteiger partial charge in [0.2, 0.25) is 11.8 Å². The topological polar surface area (TPSA) is 138 Å². The molecule has 13 heteroatoms. The molecule has 7 unspecified atom stereocenters. The monoisotopic (exact) mass is 675 g/mol. The predicted octanol–water partition coefficient (Wildman–Crippen LogP) is 4.55. The molecule has 1 aromatic carbocycles. The van der Waals surface area contributed by atoms with Gasteiger partial charge in [-0.15, -0.1) is 22.7 Å². The van der Waals surface area contributed by atoms with Crippen molar-refractivity contribution in [3.8, 4) is 0 Å². The van der Waals surface area contributed by atoms with Crippen molar-refractivity contribution in [2.75, 3.05) is 6.54 Å². The van der Waals surface area contributed by atoms with Crippen LogP contribution in [0.5, 0.6) is 0 Å². The Morgan fingerprint density at radius 1 is 1.02 bits per heavy atom. The molecule has 3 aliphatic rings. The van der Waals surface area contributed by atoms with Gasteiger partial charge < -0.3 is 25.6 Å². The number of fused-ring (bicyclic) bond motifs is 7. The van der Waals surface area contributed by atoms with E-state index in [0.717, 1.165) is 24.8 Å². The number of aromatic nitrogens is 2. The zero-order valence-electron chi connectivity index (χ0n) is 27.1. The lowest BCUT2D eigenvalue weighted by Gasteiger charge is -2.30. The van der Waals surface area contributed by atoms with E-state index in [1.165, 1.54) is 22.7 Å². The van der Waals surface area contributed by atoms with Gasteiger partial charge in [-0.3, -0.25) is 14.4 Å². The van der Waals surface area contributed by atoms with E-state index < -0.39 is 30.1 Å². The Morgan fingerprint density at radius 3 is 2.51 bits per heavy atom. The molecule has 6 rings (SSSR count). The number of amides is 3. The highest BCUT2D eigenvalue weighted by atomic mass is 32.1. The van der Waals surface area contributed by atoms with Crippen LogP contribution in [0.15, 0.2) is 58.4 Å². The molecular formula is C34H41N7O4S2. The van der Waals surface area contributed by atoms with E-state index in [-0.39, 0.29) is 35.5 Å². The van der Waals surface area contributed by atoms with Crippen molar-refractivity contribution < 1.29 is 19.1 Å². The summed E-state index contributed by atoms with van der Waals surface area (Å²) in [5.74, 6) is -0.471. The van der Waals surface area contributed by atoms with Gasteiger partial charge in [0, 0.05) is 29.4 Å². The van der Waals surface area contributed by atoms with Crippen molar-refractivity contribution in [3.05, 3.63) is 80.3 Å². The molecule has 6 bridgehead atoms. The molecule has 1 saturated heterocycles. The quantitative estimate of drug-likeness (QED) is 0.369. The van der Waals surface area contributed by atoms with Gasteiger partial charge in [0.15, 0.2) is 6.04 Å². The lowest BCUT2D eigenvalue weighted by molar-refractivity contribution is -0.134. The first-order chi connectivity index (χ1) is 22.6. The fourth-order valence-electron chi connectivity index (χ4n) is 6.23. The lowest BCUT2D eigenvalue weighted by Crippen LogP contribution is -2.49. The van der Waals surface area contributed by atoms with Crippen LogP contribution in [0.1, 0.15) is 90.8 Å². The summed E-state index contributed by atoms with van der Waals surface area (Å²) in [7, 11) is 0. The Balaban J connectivity index is 1.37. The molecule has 5 heterocycles. The van der Waals surface area contributed by atoms with Crippen molar-refractivity contribution in [1.82, 2.24) is 30.8 Å². The Morgan fingerprint density at radius 2 is 1.74 bits per heavy atom. The first-order valence-electron chi connectivity index (χ1n) is 16.2. The van der Waals surface area contributed by atoms with Crippen molar-refractivity contribution in [3.63, 3.8) is 0 Å². The molecule has 0 radical (unpaired) electrons. The van der Waals surface area contributed by atoms with Crippen LogP contribution in [-0.2, 0) is 20.7 Å². The minimum atomic E-state index is -0.853. The normalized spacial score (nSPS) is 27.5. The van der Waals surface area contributed by atoms with Crippen LogP contribution in [0.4, 0.5) is 0 Å². The SMILES string of the molecule is C=C1NC(C)c2nc(cs2)C(=O)NC(Cc2ccccc2)C(=O)NC(C(C)CC)c2nc(cs2)C2=NC(C(=O)N3CCCC13)C(C)O2. The largest absolute Gasteiger partial charge is 0.470 e. The Bertz CT molecular complexity index is 1670. The molecule has 3 amide bonds. The number of carbonyl (C=O) groups excluding carboxylic acids is 3. The van der Waals surface area contributed by atoms with Gasteiger partial charge in [0.1, 0.15) is 33.5 Å². The van der Waals surface area contributed by atoms with E-state index in [2.05, 4.69) is 41.4 Å². The number of carbonyl (C=O) groups is 3. The number of aliphatic imine (C=N–C) groups is 1. The van der Waals surface area contributed by atoms with E-state index in [1.807, 2.05) is 54.5 Å². The van der Waals surface area contributed by atoms with Crippen molar-refractivity contribution in [2.24, 2.45) is 10.9 Å². The van der Waals surface area contributed by atoms with Gasteiger partial charge in [-0.2, -0.15) is 0 Å². The third kappa shape index (κ3) is 6.96. The number of rotatable bonds is 4. The Labute approximate surface area is 282 Å². The molecule has 0 saturated carbocycles. The Kier molecular flexibility index (Phi) is 9.74. The first kappa shape index (κ1) is 32.8. The van der Waals surface area contributed by atoms with E-state index in [0.29, 0.717) is 40.3 Å². The summed E-state index contributed by atoms with van der Waals surface area (Å²) in [6.07, 6.45) is 2.28. The Hall–Kier alpha value is -4.10. The smallest absolute Gasteiger partial charge is 0.271 e. The summed E-state index contributed by atoms with van der Waals surface area (Å²) >= 11 is 2.77. The van der Waals surface area contributed by atoms with Crippen molar-refractivity contribution in [1.29, 1.82) is 0 Å². The van der Waals surface area contributed by atoms with Crippen LogP contribution in [0, 0.1) is 5.92 Å². The fourth-order valence-corrected chi connectivity index (χ4v) is 8.01. The van der Waals surface area contributed by atoms with Crippen molar-refractivity contribution in [2.45, 2.75) is 89.7 Å². The zero-order valence-corrected chi connectivity index (χ0v) is 28.7. The summed E-state index contributed by atoms with van der Waals surface area (Å²) in [4.78, 5) is 57.5. The maximum absolute atomic E-state index is 14.0. The molecule has 3 N–H and O–H groups in total. The number of thiazole rings is 2. The minimum absolute atomic E-state index is 0.0441. The van der Waals surface area contributed by atoms with E-state index in [4.69, 9.17) is 14.7 Å².